The van der Waals surface area contributed by atoms with Crippen LogP contribution in [0, 0.1) is 0 Å². The first-order valence-corrected chi connectivity index (χ1v) is 20.8. The molecule has 1 rings (SSSR count). The van der Waals surface area contributed by atoms with Crippen LogP contribution < -0.4 is 0 Å². The van der Waals surface area contributed by atoms with E-state index < -0.39 is 58.1 Å². The SMILES string of the molecule is [2H]C(CCCCCCCCCCC)O[C@H]1[C@H](O)[C@@H](CO)OC(OCCP(=O)(OCC=C)OCC=C)[C@@H]1OC([2H])CCCCCCCCCCC. The van der Waals surface area contributed by atoms with Crippen molar-refractivity contribution >= 4 is 7.60 Å². The van der Waals surface area contributed by atoms with Gasteiger partial charge in [0.2, 0.25) is 0 Å². The lowest BCUT2D eigenvalue weighted by atomic mass is 9.98. The molecule has 1 fully saturated rings. The van der Waals surface area contributed by atoms with E-state index in [4.69, 9.17) is 30.7 Å². The zero-order valence-corrected chi connectivity index (χ0v) is 31.4. The quantitative estimate of drug-likeness (QED) is 0.0378. The minimum Gasteiger partial charge on any atom is -0.394 e. The summed E-state index contributed by atoms with van der Waals surface area (Å²) in [6.07, 6.45) is 19.0. The Morgan fingerprint density at radius 3 is 1.52 bits per heavy atom. The maximum absolute atomic E-state index is 13.2. The van der Waals surface area contributed by atoms with Crippen LogP contribution in [0.5, 0.6) is 0 Å². The van der Waals surface area contributed by atoms with Gasteiger partial charge in [-0.2, -0.15) is 0 Å². The molecule has 1 saturated heterocycles. The lowest BCUT2D eigenvalue weighted by molar-refractivity contribution is -0.315. The first kappa shape index (κ1) is 41.8. The van der Waals surface area contributed by atoms with Gasteiger partial charge in [-0.25, -0.2) is 0 Å². The number of ether oxygens (including phenoxy) is 4. The van der Waals surface area contributed by atoms with Crippen molar-refractivity contribution in [3.05, 3.63) is 25.3 Å². The van der Waals surface area contributed by atoms with Gasteiger partial charge in [-0.05, 0) is 12.8 Å². The Hall–Kier alpha value is -0.610. The van der Waals surface area contributed by atoms with E-state index in [1.807, 2.05) is 0 Å². The summed E-state index contributed by atoms with van der Waals surface area (Å²) >= 11 is 0. The maximum atomic E-state index is 13.2. The molecule has 1 aliphatic rings. The average Bonchev–Trinajstić information content (AvgIpc) is 3.10. The molecule has 0 aromatic heterocycles. The Labute approximate surface area is 296 Å². The minimum absolute atomic E-state index is 0.0258. The fraction of sp³-hybridized carbons (Fsp3) is 0.895. The number of hydrogen-bond acceptors (Lipinski definition) is 9. The van der Waals surface area contributed by atoms with Gasteiger partial charge < -0.3 is 38.2 Å². The van der Waals surface area contributed by atoms with Gasteiger partial charge in [-0.3, -0.25) is 4.57 Å². The van der Waals surface area contributed by atoms with Crippen LogP contribution in [0.4, 0.5) is 0 Å². The smallest absolute Gasteiger partial charge is 0.333 e. The molecule has 1 heterocycles. The first-order valence-electron chi connectivity index (χ1n) is 20.2. The summed E-state index contributed by atoms with van der Waals surface area (Å²) in [7, 11) is -3.56. The van der Waals surface area contributed by atoms with Crippen molar-refractivity contribution in [1.82, 2.24) is 0 Å². The molecule has 0 radical (unpaired) electrons. The summed E-state index contributed by atoms with van der Waals surface area (Å²) in [4.78, 5) is 0. The van der Waals surface area contributed by atoms with E-state index in [9.17, 15) is 14.8 Å². The minimum atomic E-state index is -3.56. The van der Waals surface area contributed by atoms with E-state index >= 15 is 0 Å². The molecule has 2 N–H and O–H groups in total. The second-order valence-electron chi connectivity index (χ2n) is 12.9. The van der Waals surface area contributed by atoms with Crippen LogP contribution in [0.3, 0.4) is 0 Å². The summed E-state index contributed by atoms with van der Waals surface area (Å²) in [5.74, 6) is 0. The van der Waals surface area contributed by atoms with Crippen molar-refractivity contribution in [3.63, 3.8) is 0 Å². The maximum Gasteiger partial charge on any atom is 0.333 e. The molecule has 7 atom stereocenters. The van der Waals surface area contributed by atoms with E-state index in [1.54, 1.807) is 0 Å². The molecular weight excluding hydrogens is 631 g/mol. The van der Waals surface area contributed by atoms with E-state index in [0.717, 1.165) is 38.5 Å². The number of unbranched alkanes of at least 4 members (excludes halogenated alkanes) is 16. The molecule has 0 saturated carbocycles. The van der Waals surface area contributed by atoms with Crippen LogP contribution in [0.15, 0.2) is 25.3 Å². The van der Waals surface area contributed by atoms with Gasteiger partial charge >= 0.3 is 7.60 Å². The monoisotopic (exact) mass is 707 g/mol. The van der Waals surface area contributed by atoms with Gasteiger partial charge in [0.15, 0.2) is 6.29 Å². The molecule has 1 aliphatic heterocycles. The Morgan fingerprint density at radius 1 is 0.688 bits per heavy atom. The van der Waals surface area contributed by atoms with Crippen LogP contribution in [0.2, 0.25) is 0 Å². The Kier molecular flexibility index (Phi) is 27.1. The van der Waals surface area contributed by atoms with Crippen LogP contribution in [-0.2, 0) is 32.6 Å². The number of rotatable bonds is 35. The zero-order valence-electron chi connectivity index (χ0n) is 32.5. The van der Waals surface area contributed by atoms with Crippen molar-refractivity contribution in [2.75, 3.05) is 45.8 Å². The molecule has 0 aromatic rings. The summed E-state index contributed by atoms with van der Waals surface area (Å²) in [6.45, 7) is 9.17. The van der Waals surface area contributed by atoms with Crippen molar-refractivity contribution in [2.45, 2.75) is 173 Å². The van der Waals surface area contributed by atoms with Gasteiger partial charge in [-0.1, -0.05) is 142 Å². The van der Waals surface area contributed by atoms with Gasteiger partial charge in [0.1, 0.15) is 24.4 Å². The molecule has 9 nitrogen and oxygen atoms in total. The largest absolute Gasteiger partial charge is 0.394 e. The second kappa shape index (κ2) is 31.2. The Bertz CT molecular complexity index is 854. The first-order chi connectivity index (χ1) is 24.2. The molecular formula is C38H73O9P. The zero-order chi connectivity index (χ0) is 36.9. The summed E-state index contributed by atoms with van der Waals surface area (Å²) in [6, 6.07) is 0. The molecule has 48 heavy (non-hydrogen) atoms. The average molecular weight is 707 g/mol. The normalized spacial score (nSPS) is 23.4. The number of aliphatic hydroxyl groups excluding tert-OH is 2. The molecule has 0 spiro atoms. The van der Waals surface area contributed by atoms with Crippen molar-refractivity contribution < 1.29 is 45.5 Å². The van der Waals surface area contributed by atoms with Gasteiger partial charge in [0, 0.05) is 13.2 Å². The lowest BCUT2D eigenvalue weighted by Gasteiger charge is -2.43. The van der Waals surface area contributed by atoms with Crippen LogP contribution in [0.1, 0.15) is 145 Å². The van der Waals surface area contributed by atoms with Crippen LogP contribution in [-0.4, -0.2) is 86.7 Å². The summed E-state index contributed by atoms with van der Waals surface area (Å²) in [5.41, 5.74) is 0. The van der Waals surface area contributed by atoms with E-state index in [-0.39, 0.29) is 26.0 Å². The van der Waals surface area contributed by atoms with Crippen molar-refractivity contribution in [3.8, 4) is 0 Å². The van der Waals surface area contributed by atoms with Crippen LogP contribution in [0.25, 0.3) is 0 Å². The van der Waals surface area contributed by atoms with Crippen LogP contribution >= 0.6 is 7.60 Å². The highest BCUT2D eigenvalue weighted by molar-refractivity contribution is 7.53. The fourth-order valence-electron chi connectivity index (χ4n) is 5.69. The molecule has 3 unspecified atom stereocenters. The lowest BCUT2D eigenvalue weighted by Crippen LogP contribution is -2.61. The highest BCUT2D eigenvalue weighted by Gasteiger charge is 2.47. The molecule has 10 heteroatoms. The Balaban J connectivity index is 2.88. The predicted octanol–water partition coefficient (Wildman–Crippen LogP) is 9.29. The van der Waals surface area contributed by atoms with E-state index in [0.29, 0.717) is 12.8 Å². The fourth-order valence-corrected chi connectivity index (χ4v) is 7.02. The van der Waals surface area contributed by atoms with Gasteiger partial charge in [0.25, 0.3) is 0 Å². The third-order valence-corrected chi connectivity index (χ3v) is 10.4. The summed E-state index contributed by atoms with van der Waals surface area (Å²) in [5, 5.41) is 21.3. The highest BCUT2D eigenvalue weighted by atomic mass is 31.2. The van der Waals surface area contributed by atoms with Crippen molar-refractivity contribution in [1.29, 1.82) is 0 Å². The number of aliphatic hydroxyl groups is 2. The molecule has 0 amide bonds. The van der Waals surface area contributed by atoms with E-state index in [2.05, 4.69) is 27.0 Å². The molecule has 0 bridgehead atoms. The second-order valence-corrected chi connectivity index (χ2v) is 15.0. The van der Waals surface area contributed by atoms with Gasteiger partial charge in [0.05, 0.1) is 35.3 Å². The predicted molar refractivity (Wildman–Crippen MR) is 196 cm³/mol. The third-order valence-electron chi connectivity index (χ3n) is 8.58. The summed E-state index contributed by atoms with van der Waals surface area (Å²) < 4.78 is 65.7. The van der Waals surface area contributed by atoms with Crippen molar-refractivity contribution in [2.24, 2.45) is 0 Å². The number of hydrogen-bond donors (Lipinski definition) is 2. The van der Waals surface area contributed by atoms with E-state index in [1.165, 1.54) is 89.2 Å². The molecule has 0 aliphatic carbocycles. The van der Waals surface area contributed by atoms with Gasteiger partial charge in [-0.15, -0.1) is 13.2 Å². The third kappa shape index (κ3) is 21.6. The topological polar surface area (TPSA) is 113 Å². The molecule has 0 aromatic carbocycles. The standard InChI is InChI=1S/C38H73O9P/c1-5-9-11-13-15-17-19-21-23-25-29-42-36-35(40)34(33-39)47-38(44-31-32-48(41,45-27-7-3)46-28-8-4)37(36)43-30-26-24-22-20-18-16-14-12-10-6-2/h7-8,34-40H,3-6,9-33H2,1-2H3/t34-,35-,36+,37-,38?/m1/s1/i29D,30D/t29?,30?,34-,35-,36+,37-,38?. The molecule has 284 valence electrons. The Morgan fingerprint density at radius 2 is 1.10 bits per heavy atom. The highest BCUT2D eigenvalue weighted by Crippen LogP contribution is 2.48.